The number of aromatic nitrogens is 1. The van der Waals surface area contributed by atoms with Crippen LogP contribution in [0.5, 0.6) is 11.5 Å². The number of ketones is 1. The summed E-state index contributed by atoms with van der Waals surface area (Å²) in [6.45, 7) is 1.83. The molecule has 94 valence electrons. The van der Waals surface area contributed by atoms with E-state index in [0.29, 0.717) is 5.75 Å². The van der Waals surface area contributed by atoms with Gasteiger partial charge in [0.05, 0.1) is 0 Å². The Balaban J connectivity index is 2.05. The predicted molar refractivity (Wildman–Crippen MR) is 70.0 cm³/mol. The van der Waals surface area contributed by atoms with E-state index in [9.17, 15) is 9.90 Å². The summed E-state index contributed by atoms with van der Waals surface area (Å²) in [5, 5.41) is 9.83. The van der Waals surface area contributed by atoms with Crippen LogP contribution in [0.1, 0.15) is 21.5 Å². The van der Waals surface area contributed by atoms with Crippen molar-refractivity contribution < 1.29 is 14.6 Å². The lowest BCUT2D eigenvalue weighted by Gasteiger charge is -2.00. The number of carbonyl (C=O) groups is 1. The Morgan fingerprint density at radius 2 is 2.00 bits per heavy atom. The number of ether oxygens (including phenoxy) is 1. The van der Waals surface area contributed by atoms with E-state index in [2.05, 4.69) is 4.98 Å². The molecule has 1 aromatic heterocycles. The summed E-state index contributed by atoms with van der Waals surface area (Å²) >= 11 is 0. The minimum Gasteiger partial charge on any atom is -0.507 e. The monoisotopic (exact) mass is 253 g/mol. The molecule has 4 heteroatoms. The zero-order valence-corrected chi connectivity index (χ0v) is 10.3. The first kappa shape index (κ1) is 11.5. The normalized spacial score (nSPS) is 15.4. The van der Waals surface area contributed by atoms with Crippen molar-refractivity contribution in [2.45, 2.75) is 6.92 Å². The van der Waals surface area contributed by atoms with Crippen molar-refractivity contribution in [3.63, 3.8) is 0 Å². The fraction of sp³-hybridized carbons (Fsp3) is 0.0667. The first-order chi connectivity index (χ1) is 9.15. The van der Waals surface area contributed by atoms with Gasteiger partial charge in [0.2, 0.25) is 5.78 Å². The highest BCUT2D eigenvalue weighted by atomic mass is 16.5. The number of carbonyl (C=O) groups excluding carboxylic acids is 1. The molecule has 0 atom stereocenters. The van der Waals surface area contributed by atoms with Crippen molar-refractivity contribution in [2.24, 2.45) is 0 Å². The van der Waals surface area contributed by atoms with Crippen LogP contribution in [0.4, 0.5) is 0 Å². The van der Waals surface area contributed by atoms with Crippen LogP contribution in [0.25, 0.3) is 6.08 Å². The molecule has 0 radical (unpaired) electrons. The van der Waals surface area contributed by atoms with Gasteiger partial charge in [-0.1, -0.05) is 0 Å². The lowest BCUT2D eigenvalue weighted by molar-refractivity contribution is 0.101. The summed E-state index contributed by atoms with van der Waals surface area (Å²) in [5.74, 6) is 0.271. The number of phenols is 1. The summed E-state index contributed by atoms with van der Waals surface area (Å²) in [7, 11) is 0. The van der Waals surface area contributed by atoms with Gasteiger partial charge in [-0.05, 0) is 48.4 Å². The summed E-state index contributed by atoms with van der Waals surface area (Å²) in [6, 6.07) is 6.84. The molecule has 1 aliphatic heterocycles. The van der Waals surface area contributed by atoms with Gasteiger partial charge in [0.15, 0.2) is 5.76 Å². The third-order valence-corrected chi connectivity index (χ3v) is 2.90. The number of hydrogen-bond acceptors (Lipinski definition) is 4. The number of allylic oxidation sites excluding steroid dienone is 1. The Morgan fingerprint density at radius 1 is 1.26 bits per heavy atom. The molecule has 0 spiro atoms. The Morgan fingerprint density at radius 3 is 2.74 bits per heavy atom. The predicted octanol–water partition coefficient (Wildman–Crippen LogP) is 2.71. The number of benzene rings is 1. The molecule has 0 unspecified atom stereocenters. The number of phenolic OH excluding ortho intramolecular Hbond substituents is 1. The molecule has 0 fully saturated rings. The van der Waals surface area contributed by atoms with Crippen molar-refractivity contribution in [3.8, 4) is 11.5 Å². The molecule has 1 aromatic carbocycles. The van der Waals surface area contributed by atoms with Gasteiger partial charge in [0.1, 0.15) is 17.1 Å². The number of rotatable bonds is 1. The minimum atomic E-state index is -0.302. The van der Waals surface area contributed by atoms with E-state index in [1.807, 2.05) is 6.92 Å². The summed E-state index contributed by atoms with van der Waals surface area (Å²) in [5.41, 5.74) is 1.89. The second-order valence-corrected chi connectivity index (χ2v) is 4.38. The first-order valence-corrected chi connectivity index (χ1v) is 5.83. The number of fused-ring (bicyclic) bond motifs is 1. The van der Waals surface area contributed by atoms with Crippen LogP contribution in [-0.4, -0.2) is 15.9 Å². The van der Waals surface area contributed by atoms with Gasteiger partial charge in [-0.25, -0.2) is 0 Å². The van der Waals surface area contributed by atoms with Gasteiger partial charge in [-0.15, -0.1) is 0 Å². The number of nitrogens with zero attached hydrogens (tertiary/aromatic N) is 1. The molecule has 0 bridgehead atoms. The summed E-state index contributed by atoms with van der Waals surface area (Å²) in [6.07, 6.45) is 4.92. The maximum Gasteiger partial charge on any atom is 0.235 e. The molecule has 2 aromatic rings. The van der Waals surface area contributed by atoms with Crippen LogP contribution < -0.4 is 4.74 Å². The smallest absolute Gasteiger partial charge is 0.235 e. The average molecular weight is 253 g/mol. The highest BCUT2D eigenvalue weighted by Gasteiger charge is 2.30. The number of aryl methyl sites for hydroxylation is 1. The molecule has 0 saturated carbocycles. The highest BCUT2D eigenvalue weighted by molar-refractivity contribution is 6.16. The Bertz CT molecular complexity index is 690. The van der Waals surface area contributed by atoms with E-state index in [0.717, 1.165) is 11.1 Å². The Kier molecular flexibility index (Phi) is 2.56. The maximum absolute atomic E-state index is 12.2. The van der Waals surface area contributed by atoms with Gasteiger partial charge in [-0.3, -0.25) is 9.78 Å². The van der Waals surface area contributed by atoms with Crippen molar-refractivity contribution >= 4 is 11.9 Å². The lowest BCUT2D eigenvalue weighted by Crippen LogP contribution is -1.98. The van der Waals surface area contributed by atoms with Crippen LogP contribution in [0.3, 0.4) is 0 Å². The van der Waals surface area contributed by atoms with Crippen LogP contribution in [0.15, 0.2) is 42.4 Å². The van der Waals surface area contributed by atoms with Gasteiger partial charge < -0.3 is 9.84 Å². The van der Waals surface area contributed by atoms with Gasteiger partial charge >= 0.3 is 0 Å². The molecule has 0 saturated heterocycles. The summed E-state index contributed by atoms with van der Waals surface area (Å²) in [4.78, 5) is 16.1. The maximum atomic E-state index is 12.2. The molecular formula is C15H11NO3. The molecule has 0 aliphatic carbocycles. The topological polar surface area (TPSA) is 59.4 Å². The van der Waals surface area contributed by atoms with Crippen molar-refractivity contribution in [1.82, 2.24) is 4.98 Å². The molecule has 0 amide bonds. The number of pyridine rings is 1. The molecule has 4 nitrogen and oxygen atoms in total. The van der Waals surface area contributed by atoms with Crippen LogP contribution in [-0.2, 0) is 0 Å². The van der Waals surface area contributed by atoms with E-state index >= 15 is 0 Å². The van der Waals surface area contributed by atoms with Crippen LogP contribution >= 0.6 is 0 Å². The van der Waals surface area contributed by atoms with E-state index in [1.165, 1.54) is 0 Å². The van der Waals surface area contributed by atoms with Gasteiger partial charge in [-0.2, -0.15) is 0 Å². The fourth-order valence-corrected chi connectivity index (χ4v) is 2.04. The first-order valence-electron chi connectivity index (χ1n) is 5.83. The second-order valence-electron chi connectivity index (χ2n) is 4.38. The standard InChI is InChI=1S/C15H11NO3/c1-9-6-11(17)14-12(7-9)19-13(15(14)18)8-10-2-4-16-5-3-10/h2-8,17H,1H3/b13-8-. The number of aromatic hydroxyl groups is 1. The number of Topliss-reactive ketones (excluding diaryl/α,β-unsaturated/α-hetero) is 1. The SMILES string of the molecule is Cc1cc(O)c2c(c1)O/C(=C\c1ccncc1)C2=O. The van der Waals surface area contributed by atoms with E-state index in [4.69, 9.17) is 4.74 Å². The summed E-state index contributed by atoms with van der Waals surface area (Å²) < 4.78 is 5.52. The third kappa shape index (κ3) is 1.97. The molecular weight excluding hydrogens is 242 g/mol. The van der Waals surface area contributed by atoms with Crippen LogP contribution in [0, 0.1) is 6.92 Å². The van der Waals surface area contributed by atoms with E-state index < -0.39 is 0 Å². The fourth-order valence-electron chi connectivity index (χ4n) is 2.04. The quantitative estimate of drug-likeness (QED) is 0.794. The third-order valence-electron chi connectivity index (χ3n) is 2.90. The molecule has 2 heterocycles. The van der Waals surface area contributed by atoms with Crippen molar-refractivity contribution in [1.29, 1.82) is 0 Å². The number of hydrogen-bond donors (Lipinski definition) is 1. The zero-order valence-electron chi connectivity index (χ0n) is 10.3. The van der Waals surface area contributed by atoms with E-state index in [-0.39, 0.29) is 22.9 Å². The second kappa shape index (κ2) is 4.24. The van der Waals surface area contributed by atoms with Gasteiger partial charge in [0, 0.05) is 12.4 Å². The van der Waals surface area contributed by atoms with Crippen molar-refractivity contribution in [2.75, 3.05) is 0 Å². The highest BCUT2D eigenvalue weighted by Crippen LogP contribution is 2.38. The lowest BCUT2D eigenvalue weighted by atomic mass is 10.1. The van der Waals surface area contributed by atoms with Crippen molar-refractivity contribution in [3.05, 3.63) is 59.1 Å². The largest absolute Gasteiger partial charge is 0.507 e. The zero-order chi connectivity index (χ0) is 13.4. The van der Waals surface area contributed by atoms with E-state index in [1.54, 1.807) is 42.7 Å². The molecule has 1 N–H and O–H groups in total. The Hall–Kier alpha value is -2.62. The van der Waals surface area contributed by atoms with Gasteiger partial charge in [0.25, 0.3) is 0 Å². The minimum absolute atomic E-state index is 0.0434. The molecule has 1 aliphatic rings. The Labute approximate surface area is 110 Å². The van der Waals surface area contributed by atoms with Crippen LogP contribution in [0.2, 0.25) is 0 Å². The molecule has 19 heavy (non-hydrogen) atoms. The average Bonchev–Trinajstić information content (AvgIpc) is 2.67. The molecule has 3 rings (SSSR count).